The van der Waals surface area contributed by atoms with Crippen LogP contribution in [0, 0.1) is 0 Å². The lowest BCUT2D eigenvalue weighted by Gasteiger charge is -2.09. The summed E-state index contributed by atoms with van der Waals surface area (Å²) in [4.78, 5) is 12.3. The van der Waals surface area contributed by atoms with E-state index in [1.165, 1.54) is 0 Å². The highest BCUT2D eigenvalue weighted by molar-refractivity contribution is 6.31. The minimum atomic E-state index is -0.242. The SMILES string of the molecule is CNc1ccc(Cl)cc1C(=O)Nc1cnn(CCOC)c1. The van der Waals surface area contributed by atoms with Gasteiger partial charge in [0.2, 0.25) is 0 Å². The molecule has 0 radical (unpaired) electrons. The Kier molecular flexibility index (Phi) is 5.19. The van der Waals surface area contributed by atoms with Crippen LogP contribution in [0.25, 0.3) is 0 Å². The van der Waals surface area contributed by atoms with Crippen molar-refractivity contribution < 1.29 is 9.53 Å². The maximum absolute atomic E-state index is 12.3. The first-order valence-electron chi connectivity index (χ1n) is 6.44. The molecule has 0 bridgehead atoms. The predicted molar refractivity (Wildman–Crippen MR) is 83.1 cm³/mol. The Balaban J connectivity index is 2.10. The number of rotatable bonds is 6. The number of hydrogen-bond donors (Lipinski definition) is 2. The molecule has 0 saturated carbocycles. The first kappa shape index (κ1) is 15.3. The summed E-state index contributed by atoms with van der Waals surface area (Å²) >= 11 is 5.94. The maximum atomic E-state index is 12.3. The molecule has 0 unspecified atom stereocenters. The highest BCUT2D eigenvalue weighted by Crippen LogP contribution is 2.21. The second-order valence-electron chi connectivity index (χ2n) is 4.38. The number of benzene rings is 1. The van der Waals surface area contributed by atoms with Gasteiger partial charge in [-0.1, -0.05) is 11.6 Å². The molecular formula is C14H17ClN4O2. The van der Waals surface area contributed by atoms with Crippen molar-refractivity contribution in [3.8, 4) is 0 Å². The van der Waals surface area contributed by atoms with Crippen molar-refractivity contribution in [2.75, 3.05) is 31.4 Å². The van der Waals surface area contributed by atoms with Crippen molar-refractivity contribution in [2.24, 2.45) is 0 Å². The van der Waals surface area contributed by atoms with Crippen molar-refractivity contribution in [1.29, 1.82) is 0 Å². The van der Waals surface area contributed by atoms with E-state index in [9.17, 15) is 4.79 Å². The van der Waals surface area contributed by atoms with Crippen LogP contribution in [-0.2, 0) is 11.3 Å². The summed E-state index contributed by atoms with van der Waals surface area (Å²) in [6.45, 7) is 1.19. The summed E-state index contributed by atoms with van der Waals surface area (Å²) in [5.74, 6) is -0.242. The van der Waals surface area contributed by atoms with Crippen molar-refractivity contribution in [3.63, 3.8) is 0 Å². The highest BCUT2D eigenvalue weighted by Gasteiger charge is 2.12. The van der Waals surface area contributed by atoms with Gasteiger partial charge in [-0.2, -0.15) is 5.10 Å². The van der Waals surface area contributed by atoms with E-state index >= 15 is 0 Å². The average molecular weight is 309 g/mol. The predicted octanol–water partition coefficient (Wildman–Crippen LogP) is 2.48. The third-order valence-corrected chi connectivity index (χ3v) is 3.15. The number of nitrogens with one attached hydrogen (secondary N) is 2. The number of methoxy groups -OCH3 is 1. The number of ether oxygens (including phenoxy) is 1. The highest BCUT2D eigenvalue weighted by atomic mass is 35.5. The molecular weight excluding hydrogens is 292 g/mol. The Morgan fingerprint density at radius 3 is 3.00 bits per heavy atom. The van der Waals surface area contributed by atoms with Gasteiger partial charge >= 0.3 is 0 Å². The number of halogens is 1. The molecule has 2 N–H and O–H groups in total. The lowest BCUT2D eigenvalue weighted by atomic mass is 10.1. The van der Waals surface area contributed by atoms with Crippen LogP contribution in [0.3, 0.4) is 0 Å². The molecule has 7 heteroatoms. The molecule has 0 spiro atoms. The molecule has 112 valence electrons. The van der Waals surface area contributed by atoms with E-state index in [-0.39, 0.29) is 5.91 Å². The Labute approximate surface area is 128 Å². The molecule has 0 aliphatic heterocycles. The topological polar surface area (TPSA) is 68.2 Å². The van der Waals surface area contributed by atoms with Crippen LogP contribution in [0.4, 0.5) is 11.4 Å². The smallest absolute Gasteiger partial charge is 0.257 e. The summed E-state index contributed by atoms with van der Waals surface area (Å²) < 4.78 is 6.68. The Morgan fingerprint density at radius 1 is 1.48 bits per heavy atom. The number of aromatic nitrogens is 2. The van der Waals surface area contributed by atoms with Crippen molar-refractivity contribution in [2.45, 2.75) is 6.54 Å². The van der Waals surface area contributed by atoms with Crippen LogP contribution in [0.15, 0.2) is 30.6 Å². The number of nitrogens with zero attached hydrogens (tertiary/aromatic N) is 2. The summed E-state index contributed by atoms with van der Waals surface area (Å²) in [5.41, 5.74) is 1.82. The van der Waals surface area contributed by atoms with Crippen LogP contribution in [0.2, 0.25) is 5.02 Å². The van der Waals surface area contributed by atoms with E-state index in [1.54, 1.807) is 49.4 Å². The molecule has 21 heavy (non-hydrogen) atoms. The van der Waals surface area contributed by atoms with Gasteiger partial charge in [-0.05, 0) is 18.2 Å². The molecule has 0 atom stereocenters. The van der Waals surface area contributed by atoms with E-state index in [0.29, 0.717) is 35.1 Å². The number of anilines is 2. The standard InChI is InChI=1S/C14H17ClN4O2/c1-16-13-4-3-10(15)7-12(13)14(20)18-11-8-17-19(9-11)5-6-21-2/h3-4,7-9,16H,5-6H2,1-2H3,(H,18,20). The largest absolute Gasteiger partial charge is 0.387 e. The van der Waals surface area contributed by atoms with Gasteiger partial charge in [0.15, 0.2) is 0 Å². The van der Waals surface area contributed by atoms with Crippen LogP contribution in [0.1, 0.15) is 10.4 Å². The Hall–Kier alpha value is -2.05. The third kappa shape index (κ3) is 3.96. The molecule has 0 saturated heterocycles. The van der Waals surface area contributed by atoms with Crippen molar-refractivity contribution in [3.05, 3.63) is 41.2 Å². The zero-order valence-corrected chi connectivity index (χ0v) is 12.6. The minimum absolute atomic E-state index is 0.242. The molecule has 2 aromatic rings. The van der Waals surface area contributed by atoms with Gasteiger partial charge < -0.3 is 15.4 Å². The van der Waals surface area contributed by atoms with E-state index in [4.69, 9.17) is 16.3 Å². The van der Waals surface area contributed by atoms with Gasteiger partial charge in [0.05, 0.1) is 30.6 Å². The fraction of sp³-hybridized carbons (Fsp3) is 0.286. The van der Waals surface area contributed by atoms with Crippen molar-refractivity contribution >= 4 is 28.9 Å². The second-order valence-corrected chi connectivity index (χ2v) is 4.82. The quantitative estimate of drug-likeness (QED) is 0.860. The molecule has 0 fully saturated rings. The fourth-order valence-electron chi connectivity index (χ4n) is 1.86. The summed E-state index contributed by atoms with van der Waals surface area (Å²) in [7, 11) is 3.38. The molecule has 1 amide bonds. The lowest BCUT2D eigenvalue weighted by molar-refractivity contribution is 0.102. The summed E-state index contributed by atoms with van der Waals surface area (Å²) in [6, 6.07) is 5.12. The zero-order valence-electron chi connectivity index (χ0n) is 11.9. The summed E-state index contributed by atoms with van der Waals surface area (Å²) in [5, 5.41) is 10.4. The molecule has 1 aromatic heterocycles. The van der Waals surface area contributed by atoms with E-state index < -0.39 is 0 Å². The Morgan fingerprint density at radius 2 is 2.29 bits per heavy atom. The first-order chi connectivity index (χ1) is 10.1. The van der Waals surface area contributed by atoms with Crippen LogP contribution < -0.4 is 10.6 Å². The molecule has 0 aliphatic rings. The van der Waals surface area contributed by atoms with Crippen LogP contribution in [0.5, 0.6) is 0 Å². The number of carbonyl (C=O) groups excluding carboxylic acids is 1. The molecule has 1 heterocycles. The molecule has 0 aliphatic carbocycles. The van der Waals surface area contributed by atoms with Crippen LogP contribution >= 0.6 is 11.6 Å². The number of carbonyl (C=O) groups is 1. The molecule has 2 rings (SSSR count). The first-order valence-corrected chi connectivity index (χ1v) is 6.82. The number of amides is 1. The normalized spacial score (nSPS) is 10.4. The maximum Gasteiger partial charge on any atom is 0.257 e. The van der Waals surface area contributed by atoms with Crippen LogP contribution in [-0.4, -0.2) is 36.5 Å². The monoisotopic (exact) mass is 308 g/mol. The molecule has 6 nitrogen and oxygen atoms in total. The lowest BCUT2D eigenvalue weighted by Crippen LogP contribution is -2.13. The minimum Gasteiger partial charge on any atom is -0.387 e. The second kappa shape index (κ2) is 7.10. The van der Waals surface area contributed by atoms with Gasteiger partial charge in [0.1, 0.15) is 0 Å². The van der Waals surface area contributed by atoms with Gasteiger partial charge in [0.25, 0.3) is 5.91 Å². The van der Waals surface area contributed by atoms with E-state index in [1.807, 2.05) is 0 Å². The third-order valence-electron chi connectivity index (χ3n) is 2.91. The zero-order chi connectivity index (χ0) is 15.2. The Bertz CT molecular complexity index is 627. The van der Waals surface area contributed by atoms with E-state index in [2.05, 4.69) is 15.7 Å². The van der Waals surface area contributed by atoms with E-state index in [0.717, 1.165) is 0 Å². The number of hydrogen-bond acceptors (Lipinski definition) is 4. The van der Waals surface area contributed by atoms with Gasteiger partial charge in [-0.25, -0.2) is 0 Å². The van der Waals surface area contributed by atoms with Crippen molar-refractivity contribution in [1.82, 2.24) is 9.78 Å². The summed E-state index contributed by atoms with van der Waals surface area (Å²) in [6.07, 6.45) is 3.34. The van der Waals surface area contributed by atoms with Gasteiger partial charge in [-0.15, -0.1) is 0 Å². The fourth-order valence-corrected chi connectivity index (χ4v) is 2.03. The molecule has 1 aromatic carbocycles. The van der Waals surface area contributed by atoms with Gasteiger partial charge in [-0.3, -0.25) is 9.48 Å². The van der Waals surface area contributed by atoms with Gasteiger partial charge in [0, 0.05) is 31.1 Å². The average Bonchev–Trinajstić information content (AvgIpc) is 2.92.